The number of hydrogen-bond acceptors (Lipinski definition) is 4. The molecule has 0 radical (unpaired) electrons. The number of imidazole rings is 1. The summed E-state index contributed by atoms with van der Waals surface area (Å²) in [6.45, 7) is 0. The fraction of sp³-hybridized carbons (Fsp3) is 0.160. The maximum atomic E-state index is 13.0. The number of rotatable bonds is 5. The van der Waals surface area contributed by atoms with Crippen molar-refractivity contribution in [3.05, 3.63) is 83.9 Å². The average Bonchev–Trinajstić information content (AvgIpc) is 3.43. The molecule has 3 aromatic heterocycles. The highest BCUT2D eigenvalue weighted by Gasteiger charge is 2.34. The predicted octanol–water partition coefficient (Wildman–Crippen LogP) is 5.64. The SMILES string of the molecule is COc1ccccc1-c1ncc2[nH]cc(Cc3ccc(-c4nc(C(F)(F)F)cn4C)cc3)c2n1. The van der Waals surface area contributed by atoms with Gasteiger partial charge in [0.25, 0.3) is 0 Å². The highest BCUT2D eigenvalue weighted by Crippen LogP contribution is 2.31. The Hall–Kier alpha value is -4.14. The monoisotopic (exact) mass is 463 g/mol. The molecular formula is C25H20F3N5O. The van der Waals surface area contributed by atoms with Crippen molar-refractivity contribution in [2.45, 2.75) is 12.6 Å². The summed E-state index contributed by atoms with van der Waals surface area (Å²) in [5.74, 6) is 1.52. The number of ether oxygens (including phenoxy) is 1. The molecule has 1 N–H and O–H groups in total. The van der Waals surface area contributed by atoms with E-state index in [4.69, 9.17) is 9.72 Å². The van der Waals surface area contributed by atoms with Gasteiger partial charge < -0.3 is 14.3 Å². The molecule has 0 unspecified atom stereocenters. The van der Waals surface area contributed by atoms with Gasteiger partial charge in [-0.3, -0.25) is 0 Å². The molecule has 0 atom stereocenters. The summed E-state index contributed by atoms with van der Waals surface area (Å²) < 4.78 is 45.8. The summed E-state index contributed by atoms with van der Waals surface area (Å²) >= 11 is 0. The lowest BCUT2D eigenvalue weighted by Crippen LogP contribution is -2.04. The Morgan fingerprint density at radius 3 is 2.50 bits per heavy atom. The van der Waals surface area contributed by atoms with E-state index in [-0.39, 0.29) is 5.82 Å². The number of methoxy groups -OCH3 is 1. The van der Waals surface area contributed by atoms with Crippen LogP contribution >= 0.6 is 0 Å². The molecule has 2 aromatic carbocycles. The van der Waals surface area contributed by atoms with Crippen LogP contribution in [-0.4, -0.2) is 31.6 Å². The first-order valence-electron chi connectivity index (χ1n) is 10.5. The second-order valence-corrected chi connectivity index (χ2v) is 7.90. The fourth-order valence-corrected chi connectivity index (χ4v) is 3.92. The number of benzene rings is 2. The minimum atomic E-state index is -4.48. The first-order chi connectivity index (χ1) is 16.3. The van der Waals surface area contributed by atoms with Crippen LogP contribution in [0.5, 0.6) is 5.75 Å². The minimum absolute atomic E-state index is 0.264. The van der Waals surface area contributed by atoms with Crippen molar-refractivity contribution >= 4 is 11.0 Å². The van der Waals surface area contributed by atoms with Crippen molar-refractivity contribution in [3.8, 4) is 28.5 Å². The van der Waals surface area contributed by atoms with Gasteiger partial charge in [-0.05, 0) is 17.7 Å². The molecule has 0 fully saturated rings. The van der Waals surface area contributed by atoms with Gasteiger partial charge in [0.1, 0.15) is 11.6 Å². The Morgan fingerprint density at radius 1 is 1.03 bits per heavy atom. The van der Waals surface area contributed by atoms with Crippen LogP contribution in [0.4, 0.5) is 13.2 Å². The normalized spacial score (nSPS) is 11.8. The summed E-state index contributed by atoms with van der Waals surface area (Å²) in [6, 6.07) is 14.9. The lowest BCUT2D eigenvalue weighted by molar-refractivity contribution is -0.140. The lowest BCUT2D eigenvalue weighted by atomic mass is 10.0. The molecule has 0 spiro atoms. The molecular weight excluding hydrogens is 443 g/mol. The zero-order valence-corrected chi connectivity index (χ0v) is 18.4. The number of hydrogen-bond donors (Lipinski definition) is 1. The third-order valence-electron chi connectivity index (χ3n) is 5.62. The lowest BCUT2D eigenvalue weighted by Gasteiger charge is -2.07. The molecule has 5 aromatic rings. The van der Waals surface area contributed by atoms with E-state index in [1.165, 1.54) is 4.57 Å². The molecule has 3 heterocycles. The number of alkyl halides is 3. The van der Waals surface area contributed by atoms with Crippen LogP contribution in [0.2, 0.25) is 0 Å². The highest BCUT2D eigenvalue weighted by molar-refractivity contribution is 5.81. The number of halogens is 3. The Bertz CT molecular complexity index is 1470. The van der Waals surface area contributed by atoms with Crippen molar-refractivity contribution in [2.24, 2.45) is 7.05 Å². The second kappa shape index (κ2) is 8.33. The summed E-state index contributed by atoms with van der Waals surface area (Å²) in [5.41, 5.74) is 4.11. The number of aromatic nitrogens is 5. The van der Waals surface area contributed by atoms with E-state index >= 15 is 0 Å². The van der Waals surface area contributed by atoms with Crippen molar-refractivity contribution < 1.29 is 17.9 Å². The quantitative estimate of drug-likeness (QED) is 0.366. The molecule has 0 saturated carbocycles. The fourth-order valence-electron chi connectivity index (χ4n) is 3.92. The third-order valence-corrected chi connectivity index (χ3v) is 5.62. The molecule has 0 aliphatic rings. The zero-order valence-electron chi connectivity index (χ0n) is 18.4. The molecule has 34 heavy (non-hydrogen) atoms. The third kappa shape index (κ3) is 4.00. The van der Waals surface area contributed by atoms with Gasteiger partial charge in [-0.2, -0.15) is 13.2 Å². The van der Waals surface area contributed by atoms with Crippen molar-refractivity contribution in [1.82, 2.24) is 24.5 Å². The van der Waals surface area contributed by atoms with Crippen molar-refractivity contribution in [3.63, 3.8) is 0 Å². The van der Waals surface area contributed by atoms with Gasteiger partial charge in [0.2, 0.25) is 0 Å². The molecule has 9 heteroatoms. The molecule has 0 aliphatic carbocycles. The maximum absolute atomic E-state index is 13.0. The first-order valence-corrected chi connectivity index (χ1v) is 10.5. The van der Waals surface area contributed by atoms with E-state index < -0.39 is 11.9 Å². The second-order valence-electron chi connectivity index (χ2n) is 7.90. The average molecular weight is 463 g/mol. The van der Waals surface area contributed by atoms with Crippen molar-refractivity contribution in [1.29, 1.82) is 0 Å². The Labute approximate surface area is 193 Å². The maximum Gasteiger partial charge on any atom is 0.434 e. The van der Waals surface area contributed by atoms with E-state index in [9.17, 15) is 13.2 Å². The number of aromatic amines is 1. The molecule has 0 bridgehead atoms. The van der Waals surface area contributed by atoms with E-state index in [1.54, 1.807) is 32.5 Å². The van der Waals surface area contributed by atoms with Crippen molar-refractivity contribution in [2.75, 3.05) is 7.11 Å². The van der Waals surface area contributed by atoms with Crippen LogP contribution in [0.15, 0.2) is 67.1 Å². The van der Waals surface area contributed by atoms with Crippen LogP contribution in [0.3, 0.4) is 0 Å². The summed E-state index contributed by atoms with van der Waals surface area (Å²) in [6.07, 6.45) is 0.755. The molecule has 172 valence electrons. The predicted molar refractivity (Wildman–Crippen MR) is 122 cm³/mol. The van der Waals surface area contributed by atoms with Crippen LogP contribution in [-0.2, 0) is 19.6 Å². The molecule has 6 nitrogen and oxygen atoms in total. The summed E-state index contributed by atoms with van der Waals surface area (Å²) in [4.78, 5) is 16.2. The molecule has 0 aliphatic heterocycles. The Morgan fingerprint density at radius 2 is 1.79 bits per heavy atom. The first kappa shape index (κ1) is 21.7. The number of fused-ring (bicyclic) bond motifs is 1. The number of para-hydroxylation sites is 1. The van der Waals surface area contributed by atoms with Gasteiger partial charge in [-0.15, -0.1) is 0 Å². The minimum Gasteiger partial charge on any atom is -0.496 e. The van der Waals surface area contributed by atoms with Crippen LogP contribution in [0.25, 0.3) is 33.8 Å². The van der Waals surface area contributed by atoms with Crippen LogP contribution < -0.4 is 4.74 Å². The number of aryl methyl sites for hydroxylation is 1. The van der Waals surface area contributed by atoms with E-state index in [2.05, 4.69) is 15.0 Å². The van der Waals surface area contributed by atoms with Gasteiger partial charge in [-0.1, -0.05) is 36.4 Å². The van der Waals surface area contributed by atoms with Crippen LogP contribution in [0.1, 0.15) is 16.8 Å². The van der Waals surface area contributed by atoms with Crippen LogP contribution in [0, 0.1) is 0 Å². The largest absolute Gasteiger partial charge is 0.496 e. The van der Waals surface area contributed by atoms with Gasteiger partial charge in [-0.25, -0.2) is 15.0 Å². The molecule has 5 rings (SSSR count). The topological polar surface area (TPSA) is 68.6 Å². The number of H-pyrrole nitrogens is 1. The highest BCUT2D eigenvalue weighted by atomic mass is 19.4. The van der Waals surface area contributed by atoms with Gasteiger partial charge in [0.05, 0.1) is 29.9 Å². The molecule has 0 saturated heterocycles. The number of nitrogens with one attached hydrogen (secondary N) is 1. The van der Waals surface area contributed by atoms with E-state index in [0.29, 0.717) is 23.6 Å². The summed E-state index contributed by atoms with van der Waals surface area (Å²) in [7, 11) is 3.16. The van der Waals surface area contributed by atoms with E-state index in [1.807, 2.05) is 42.6 Å². The van der Waals surface area contributed by atoms with E-state index in [0.717, 1.165) is 33.9 Å². The van der Waals surface area contributed by atoms with Gasteiger partial charge in [0, 0.05) is 37.0 Å². The Balaban J connectivity index is 1.43. The number of nitrogens with zero attached hydrogens (tertiary/aromatic N) is 4. The summed E-state index contributed by atoms with van der Waals surface area (Å²) in [5, 5.41) is 0. The molecule has 0 amide bonds. The smallest absolute Gasteiger partial charge is 0.434 e. The van der Waals surface area contributed by atoms with Gasteiger partial charge >= 0.3 is 6.18 Å². The zero-order chi connectivity index (χ0) is 23.9. The standard InChI is InChI=1S/C25H20F3N5O/c1-33-14-21(25(26,27)28)31-24(33)16-9-7-15(8-10-16)11-17-12-29-19-13-30-23(32-22(17)19)18-5-3-4-6-20(18)34-2/h3-10,12-14,29H,11H2,1-2H3. The Kier molecular flexibility index (Phi) is 5.31. The van der Waals surface area contributed by atoms with Gasteiger partial charge in [0.15, 0.2) is 11.5 Å².